The van der Waals surface area contributed by atoms with E-state index in [1.807, 2.05) is 11.8 Å². The largest absolute Gasteiger partial charge is 0.322 e. The van der Waals surface area contributed by atoms with Gasteiger partial charge < -0.3 is 10.2 Å². The summed E-state index contributed by atoms with van der Waals surface area (Å²) in [6, 6.07) is 0.437. The number of hydrogen-bond acceptors (Lipinski definition) is 1. The molecule has 1 unspecified atom stereocenters. The highest BCUT2D eigenvalue weighted by Crippen LogP contribution is 2.19. The van der Waals surface area contributed by atoms with E-state index in [9.17, 15) is 4.79 Å². The van der Waals surface area contributed by atoms with Gasteiger partial charge in [0.15, 0.2) is 0 Å². The molecule has 3 nitrogen and oxygen atoms in total. The fraction of sp³-hybridized carbons (Fsp3) is 0.727. The molecule has 1 fully saturated rings. The second-order valence-electron chi connectivity index (χ2n) is 3.96. The van der Waals surface area contributed by atoms with Gasteiger partial charge in [-0.05, 0) is 32.6 Å². The number of rotatable bonds is 2. The van der Waals surface area contributed by atoms with Gasteiger partial charge in [0.05, 0.1) is 0 Å². The van der Waals surface area contributed by atoms with Crippen molar-refractivity contribution in [2.24, 2.45) is 0 Å². The molecule has 14 heavy (non-hydrogen) atoms. The molecule has 1 saturated heterocycles. The van der Waals surface area contributed by atoms with Crippen molar-refractivity contribution in [2.75, 3.05) is 6.54 Å². The van der Waals surface area contributed by atoms with Gasteiger partial charge in [0.2, 0.25) is 0 Å². The second kappa shape index (κ2) is 5.03. The lowest BCUT2D eigenvalue weighted by atomic mass is 10.0. The molecule has 1 aliphatic rings. The molecule has 0 saturated carbocycles. The zero-order valence-electron chi connectivity index (χ0n) is 9.18. The number of carbonyl (C=O) groups is 1. The second-order valence-corrected chi connectivity index (χ2v) is 3.96. The molecule has 0 radical (unpaired) electrons. The molecule has 1 rings (SSSR count). The molecule has 1 heterocycles. The average molecular weight is 196 g/mol. The minimum absolute atomic E-state index is 0.0176. The maximum atomic E-state index is 11.7. The van der Waals surface area contributed by atoms with Crippen LogP contribution >= 0.6 is 0 Å². The van der Waals surface area contributed by atoms with Crippen molar-refractivity contribution in [1.82, 2.24) is 10.2 Å². The van der Waals surface area contributed by atoms with Crippen molar-refractivity contribution in [1.29, 1.82) is 0 Å². The van der Waals surface area contributed by atoms with Gasteiger partial charge in [0.25, 0.3) is 0 Å². The maximum absolute atomic E-state index is 11.7. The van der Waals surface area contributed by atoms with Gasteiger partial charge in [-0.2, -0.15) is 0 Å². The summed E-state index contributed by atoms with van der Waals surface area (Å²) in [6.07, 6.45) is 4.55. The first kappa shape index (κ1) is 11.1. The van der Waals surface area contributed by atoms with Crippen LogP contribution in [0, 0.1) is 0 Å². The van der Waals surface area contributed by atoms with Gasteiger partial charge in [-0.1, -0.05) is 13.5 Å². The highest BCUT2D eigenvalue weighted by Gasteiger charge is 2.24. The van der Waals surface area contributed by atoms with Gasteiger partial charge in [-0.3, -0.25) is 0 Å². The van der Waals surface area contributed by atoms with E-state index in [1.54, 1.807) is 0 Å². The van der Waals surface area contributed by atoms with Crippen molar-refractivity contribution in [3.05, 3.63) is 12.3 Å². The SMILES string of the molecule is C=C(C)NC(=O)N1CCCCC1CC. The molecule has 0 bridgehead atoms. The summed E-state index contributed by atoms with van der Waals surface area (Å²) in [5.41, 5.74) is 0.718. The number of allylic oxidation sites excluding steroid dienone is 1. The van der Waals surface area contributed by atoms with Crippen molar-refractivity contribution in [3.8, 4) is 0 Å². The summed E-state index contributed by atoms with van der Waals surface area (Å²) in [4.78, 5) is 13.7. The molecule has 0 spiro atoms. The quantitative estimate of drug-likeness (QED) is 0.723. The van der Waals surface area contributed by atoms with E-state index in [2.05, 4.69) is 18.8 Å². The molecule has 1 atom stereocenters. The predicted molar refractivity (Wildman–Crippen MR) is 58.0 cm³/mol. The van der Waals surface area contributed by atoms with E-state index >= 15 is 0 Å². The smallest absolute Gasteiger partial charge is 0.321 e. The van der Waals surface area contributed by atoms with Crippen LogP contribution in [-0.2, 0) is 0 Å². The van der Waals surface area contributed by atoms with Gasteiger partial charge in [0, 0.05) is 18.3 Å². The Balaban J connectivity index is 2.54. The normalized spacial score (nSPS) is 21.9. The van der Waals surface area contributed by atoms with Crippen LogP contribution in [0.3, 0.4) is 0 Å². The predicted octanol–water partition coefficient (Wildman–Crippen LogP) is 2.49. The average Bonchev–Trinajstić information content (AvgIpc) is 2.16. The van der Waals surface area contributed by atoms with Crippen molar-refractivity contribution < 1.29 is 4.79 Å². The summed E-state index contributed by atoms with van der Waals surface area (Å²) >= 11 is 0. The Morgan fingerprint density at radius 2 is 2.29 bits per heavy atom. The van der Waals surface area contributed by atoms with Crippen molar-refractivity contribution in [3.63, 3.8) is 0 Å². The Hall–Kier alpha value is -0.990. The molecule has 1 N–H and O–H groups in total. The van der Waals surface area contributed by atoms with E-state index < -0.39 is 0 Å². The third-order valence-electron chi connectivity index (χ3n) is 2.68. The van der Waals surface area contributed by atoms with Crippen LogP contribution in [0.1, 0.15) is 39.5 Å². The number of hydrogen-bond donors (Lipinski definition) is 1. The lowest BCUT2D eigenvalue weighted by Gasteiger charge is -2.35. The Kier molecular flexibility index (Phi) is 3.98. The lowest BCUT2D eigenvalue weighted by Crippen LogP contribution is -2.47. The monoisotopic (exact) mass is 196 g/mol. The summed E-state index contributed by atoms with van der Waals surface area (Å²) in [7, 11) is 0. The van der Waals surface area contributed by atoms with Crippen LogP contribution in [0.4, 0.5) is 4.79 Å². The van der Waals surface area contributed by atoms with Crippen molar-refractivity contribution in [2.45, 2.75) is 45.6 Å². The van der Waals surface area contributed by atoms with Crippen LogP contribution in [-0.4, -0.2) is 23.5 Å². The summed E-state index contributed by atoms with van der Waals surface area (Å²) in [6.45, 7) is 8.51. The molecule has 2 amide bonds. The number of amides is 2. The number of piperidine rings is 1. The highest BCUT2D eigenvalue weighted by atomic mass is 16.2. The van der Waals surface area contributed by atoms with Gasteiger partial charge in [-0.25, -0.2) is 4.79 Å². The minimum atomic E-state index is 0.0176. The molecule has 0 aromatic carbocycles. The van der Waals surface area contributed by atoms with Crippen LogP contribution in [0.5, 0.6) is 0 Å². The molecular formula is C11H20N2O. The Bertz CT molecular complexity index is 225. The van der Waals surface area contributed by atoms with Crippen LogP contribution in [0.2, 0.25) is 0 Å². The summed E-state index contributed by atoms with van der Waals surface area (Å²) in [5, 5.41) is 2.77. The zero-order valence-corrected chi connectivity index (χ0v) is 9.18. The minimum Gasteiger partial charge on any atom is -0.322 e. The molecule has 0 aromatic heterocycles. The molecule has 80 valence electrons. The van der Waals surface area contributed by atoms with Gasteiger partial charge >= 0.3 is 6.03 Å². The first-order chi connectivity index (χ1) is 6.65. The highest BCUT2D eigenvalue weighted by molar-refractivity contribution is 5.76. The Morgan fingerprint density at radius 1 is 1.57 bits per heavy atom. The summed E-state index contributed by atoms with van der Waals surface area (Å²) < 4.78 is 0. The maximum Gasteiger partial charge on any atom is 0.321 e. The standard InChI is InChI=1S/C11H20N2O/c1-4-10-7-5-6-8-13(10)11(14)12-9(2)3/h10H,2,4-8H2,1,3H3,(H,12,14). The van der Waals surface area contributed by atoms with Crippen molar-refractivity contribution >= 4 is 6.03 Å². The molecule has 0 aliphatic carbocycles. The Labute approximate surface area is 86.2 Å². The topological polar surface area (TPSA) is 32.3 Å². The fourth-order valence-electron chi connectivity index (χ4n) is 1.95. The Morgan fingerprint density at radius 3 is 2.86 bits per heavy atom. The lowest BCUT2D eigenvalue weighted by molar-refractivity contribution is 0.151. The summed E-state index contributed by atoms with van der Waals surface area (Å²) in [5.74, 6) is 0. The first-order valence-corrected chi connectivity index (χ1v) is 5.38. The molecule has 1 aliphatic heterocycles. The van der Waals surface area contributed by atoms with Crippen LogP contribution < -0.4 is 5.32 Å². The zero-order chi connectivity index (χ0) is 10.6. The van der Waals surface area contributed by atoms with E-state index in [4.69, 9.17) is 0 Å². The van der Waals surface area contributed by atoms with Crippen LogP contribution in [0.15, 0.2) is 12.3 Å². The third-order valence-corrected chi connectivity index (χ3v) is 2.68. The van der Waals surface area contributed by atoms with Gasteiger partial charge in [-0.15, -0.1) is 0 Å². The number of likely N-dealkylation sites (tertiary alicyclic amines) is 1. The first-order valence-electron chi connectivity index (χ1n) is 5.38. The molecule has 3 heteroatoms. The third kappa shape index (κ3) is 2.76. The number of nitrogens with one attached hydrogen (secondary N) is 1. The van der Waals surface area contributed by atoms with Gasteiger partial charge in [0.1, 0.15) is 0 Å². The fourth-order valence-corrected chi connectivity index (χ4v) is 1.95. The van der Waals surface area contributed by atoms with E-state index in [0.29, 0.717) is 6.04 Å². The van der Waals surface area contributed by atoms with E-state index in [1.165, 1.54) is 6.42 Å². The number of nitrogens with zero attached hydrogens (tertiary/aromatic N) is 1. The van der Waals surface area contributed by atoms with Crippen LogP contribution in [0.25, 0.3) is 0 Å². The molecule has 0 aromatic rings. The number of carbonyl (C=O) groups excluding carboxylic acids is 1. The van der Waals surface area contributed by atoms with E-state index in [-0.39, 0.29) is 6.03 Å². The molecular weight excluding hydrogens is 176 g/mol. The number of urea groups is 1. The van der Waals surface area contributed by atoms with E-state index in [0.717, 1.165) is 31.5 Å².